The van der Waals surface area contributed by atoms with Crippen molar-refractivity contribution in [2.45, 2.75) is 6.92 Å². The highest BCUT2D eigenvalue weighted by atomic mass is 35.5. The SMILES string of the molecule is COC(=O)C1=C(C)N(c2cccc(Cl)c2)C(=O)/C1=C\c1ccc(Cl)cc1. The summed E-state index contributed by atoms with van der Waals surface area (Å²) in [4.78, 5) is 26.8. The summed E-state index contributed by atoms with van der Waals surface area (Å²) in [5.74, 6) is -0.888. The zero-order chi connectivity index (χ0) is 18.8. The Bertz CT molecular complexity index is 946. The van der Waals surface area contributed by atoms with Gasteiger partial charge in [0.05, 0.1) is 23.9 Å². The monoisotopic (exact) mass is 387 g/mol. The molecule has 1 amide bonds. The van der Waals surface area contributed by atoms with Crippen molar-refractivity contribution in [2.24, 2.45) is 0 Å². The molecule has 0 bridgehead atoms. The van der Waals surface area contributed by atoms with E-state index in [-0.39, 0.29) is 17.1 Å². The van der Waals surface area contributed by atoms with Gasteiger partial charge in [0.2, 0.25) is 0 Å². The molecule has 0 saturated heterocycles. The largest absolute Gasteiger partial charge is 0.465 e. The fourth-order valence-electron chi connectivity index (χ4n) is 2.83. The van der Waals surface area contributed by atoms with Crippen molar-refractivity contribution >= 4 is 46.8 Å². The second kappa shape index (κ2) is 7.36. The number of anilines is 1. The second-order valence-electron chi connectivity index (χ2n) is 5.68. The maximum Gasteiger partial charge on any atom is 0.340 e. The van der Waals surface area contributed by atoms with Crippen LogP contribution in [0.2, 0.25) is 10.0 Å². The van der Waals surface area contributed by atoms with Crippen LogP contribution in [0.4, 0.5) is 5.69 Å². The number of halogens is 2. The molecule has 0 N–H and O–H groups in total. The van der Waals surface area contributed by atoms with Crippen LogP contribution in [0.15, 0.2) is 65.4 Å². The molecule has 6 heteroatoms. The number of amides is 1. The van der Waals surface area contributed by atoms with Crippen molar-refractivity contribution in [3.63, 3.8) is 0 Å². The lowest BCUT2D eigenvalue weighted by Gasteiger charge is -2.18. The summed E-state index contributed by atoms with van der Waals surface area (Å²) < 4.78 is 4.88. The minimum absolute atomic E-state index is 0.229. The van der Waals surface area contributed by atoms with Crippen molar-refractivity contribution in [2.75, 3.05) is 12.0 Å². The first-order chi connectivity index (χ1) is 12.4. The Balaban J connectivity index is 2.13. The number of esters is 1. The third-order valence-corrected chi connectivity index (χ3v) is 4.52. The Morgan fingerprint density at radius 3 is 2.38 bits per heavy atom. The number of ether oxygens (including phenoxy) is 1. The third kappa shape index (κ3) is 3.39. The fourth-order valence-corrected chi connectivity index (χ4v) is 3.14. The van der Waals surface area contributed by atoms with Gasteiger partial charge in [0, 0.05) is 15.7 Å². The highest BCUT2D eigenvalue weighted by molar-refractivity contribution is 6.31. The lowest BCUT2D eigenvalue weighted by atomic mass is 10.0. The van der Waals surface area contributed by atoms with Gasteiger partial charge in [0.15, 0.2) is 0 Å². The maximum atomic E-state index is 13.1. The summed E-state index contributed by atoms with van der Waals surface area (Å²) in [7, 11) is 1.29. The molecule has 3 rings (SSSR count). The summed E-state index contributed by atoms with van der Waals surface area (Å²) in [6.45, 7) is 1.70. The van der Waals surface area contributed by atoms with Crippen molar-refractivity contribution in [3.05, 3.63) is 81.0 Å². The van der Waals surface area contributed by atoms with Crippen LogP contribution < -0.4 is 4.90 Å². The van der Waals surface area contributed by atoms with E-state index in [9.17, 15) is 9.59 Å². The minimum atomic E-state index is -0.569. The predicted octanol–water partition coefficient (Wildman–Crippen LogP) is 4.87. The van der Waals surface area contributed by atoms with E-state index in [2.05, 4.69) is 0 Å². The molecule has 1 aliphatic heterocycles. The molecule has 0 aromatic heterocycles. The molecule has 2 aromatic rings. The average molecular weight is 388 g/mol. The van der Waals surface area contributed by atoms with E-state index in [4.69, 9.17) is 27.9 Å². The summed E-state index contributed by atoms with van der Waals surface area (Å²) in [5, 5.41) is 1.09. The van der Waals surface area contributed by atoms with Gasteiger partial charge in [-0.1, -0.05) is 41.4 Å². The summed E-state index contributed by atoms with van der Waals surface area (Å²) in [5.41, 5.74) is 2.31. The molecular weight excluding hydrogens is 373 g/mol. The molecule has 0 atom stereocenters. The highest BCUT2D eigenvalue weighted by Crippen LogP contribution is 2.36. The first-order valence-electron chi connectivity index (χ1n) is 7.79. The van der Waals surface area contributed by atoms with Gasteiger partial charge in [-0.25, -0.2) is 4.79 Å². The molecule has 132 valence electrons. The van der Waals surface area contributed by atoms with E-state index in [0.717, 1.165) is 5.56 Å². The smallest absolute Gasteiger partial charge is 0.340 e. The predicted molar refractivity (Wildman–Crippen MR) is 103 cm³/mol. The van der Waals surface area contributed by atoms with Gasteiger partial charge in [-0.05, 0) is 48.9 Å². The number of allylic oxidation sites excluding steroid dienone is 1. The Morgan fingerprint density at radius 2 is 1.77 bits per heavy atom. The molecule has 26 heavy (non-hydrogen) atoms. The van der Waals surface area contributed by atoms with E-state index in [0.29, 0.717) is 21.4 Å². The van der Waals surface area contributed by atoms with Gasteiger partial charge < -0.3 is 4.74 Å². The molecule has 1 heterocycles. The molecule has 0 unspecified atom stereocenters. The number of hydrogen-bond donors (Lipinski definition) is 0. The number of rotatable bonds is 3. The van der Waals surface area contributed by atoms with Gasteiger partial charge in [-0.15, -0.1) is 0 Å². The van der Waals surface area contributed by atoms with Gasteiger partial charge >= 0.3 is 5.97 Å². The molecule has 0 fully saturated rings. The van der Waals surface area contributed by atoms with Crippen molar-refractivity contribution < 1.29 is 14.3 Å². The van der Waals surface area contributed by atoms with Crippen LogP contribution in [0.3, 0.4) is 0 Å². The van der Waals surface area contributed by atoms with Crippen LogP contribution >= 0.6 is 23.2 Å². The average Bonchev–Trinajstić information content (AvgIpc) is 2.86. The third-order valence-electron chi connectivity index (χ3n) is 4.04. The molecule has 4 nitrogen and oxygen atoms in total. The zero-order valence-corrected chi connectivity index (χ0v) is 15.6. The quantitative estimate of drug-likeness (QED) is 0.557. The van der Waals surface area contributed by atoms with Crippen LogP contribution in [-0.2, 0) is 14.3 Å². The van der Waals surface area contributed by atoms with E-state index in [1.165, 1.54) is 12.0 Å². The number of nitrogens with zero attached hydrogens (tertiary/aromatic N) is 1. The molecule has 0 aliphatic carbocycles. The van der Waals surface area contributed by atoms with Crippen molar-refractivity contribution in [1.82, 2.24) is 0 Å². The minimum Gasteiger partial charge on any atom is -0.465 e. The first-order valence-corrected chi connectivity index (χ1v) is 8.55. The van der Waals surface area contributed by atoms with E-state index >= 15 is 0 Å². The number of carbonyl (C=O) groups is 2. The summed E-state index contributed by atoms with van der Waals surface area (Å²) in [6, 6.07) is 13.9. The number of carbonyl (C=O) groups excluding carboxylic acids is 2. The van der Waals surface area contributed by atoms with E-state index < -0.39 is 5.97 Å². The number of benzene rings is 2. The van der Waals surface area contributed by atoms with Crippen LogP contribution in [-0.4, -0.2) is 19.0 Å². The Labute approximate surface area is 161 Å². The normalized spacial score (nSPS) is 15.8. The zero-order valence-electron chi connectivity index (χ0n) is 14.1. The van der Waals surface area contributed by atoms with Crippen LogP contribution in [0.5, 0.6) is 0 Å². The Hall–Kier alpha value is -2.56. The number of hydrogen-bond acceptors (Lipinski definition) is 3. The lowest BCUT2D eigenvalue weighted by Crippen LogP contribution is -2.24. The standard InChI is InChI=1S/C20H15Cl2NO3/c1-12-18(20(25)26-2)17(10-13-6-8-14(21)9-7-13)19(24)23(12)16-5-3-4-15(22)11-16/h3-11H,1-2H3/b17-10-. The van der Waals surface area contributed by atoms with Crippen LogP contribution in [0.25, 0.3) is 6.08 Å². The summed E-state index contributed by atoms with van der Waals surface area (Å²) >= 11 is 12.0. The molecule has 0 spiro atoms. The Kier molecular flexibility index (Phi) is 5.16. The molecule has 0 radical (unpaired) electrons. The first kappa shape index (κ1) is 18.2. The van der Waals surface area contributed by atoms with E-state index in [1.54, 1.807) is 61.5 Å². The molecular formula is C20H15Cl2NO3. The Morgan fingerprint density at radius 1 is 1.08 bits per heavy atom. The topological polar surface area (TPSA) is 46.6 Å². The van der Waals surface area contributed by atoms with Gasteiger partial charge in [0.1, 0.15) is 0 Å². The highest BCUT2D eigenvalue weighted by Gasteiger charge is 2.37. The molecule has 1 aliphatic rings. The maximum absolute atomic E-state index is 13.1. The molecule has 0 saturated carbocycles. The van der Waals surface area contributed by atoms with Crippen molar-refractivity contribution in [1.29, 1.82) is 0 Å². The van der Waals surface area contributed by atoms with E-state index in [1.807, 2.05) is 0 Å². The van der Waals surface area contributed by atoms with Gasteiger partial charge in [-0.3, -0.25) is 9.69 Å². The van der Waals surface area contributed by atoms with Gasteiger partial charge in [-0.2, -0.15) is 0 Å². The van der Waals surface area contributed by atoms with Crippen LogP contribution in [0, 0.1) is 0 Å². The fraction of sp³-hybridized carbons (Fsp3) is 0.100. The summed E-state index contributed by atoms with van der Waals surface area (Å²) in [6.07, 6.45) is 1.65. The second-order valence-corrected chi connectivity index (χ2v) is 6.55. The van der Waals surface area contributed by atoms with Gasteiger partial charge in [0.25, 0.3) is 5.91 Å². The number of methoxy groups -OCH3 is 1. The van der Waals surface area contributed by atoms with Crippen LogP contribution in [0.1, 0.15) is 12.5 Å². The lowest BCUT2D eigenvalue weighted by molar-refractivity contribution is -0.136. The van der Waals surface area contributed by atoms with Crippen molar-refractivity contribution in [3.8, 4) is 0 Å². The molecule has 2 aromatic carbocycles.